The predicted octanol–water partition coefficient (Wildman–Crippen LogP) is 0.896. The van der Waals surface area contributed by atoms with Crippen LogP contribution in [0.15, 0.2) is 41.0 Å². The van der Waals surface area contributed by atoms with E-state index in [4.69, 9.17) is 27.8 Å². The molecular weight excluding hydrogens is 282 g/mol. The van der Waals surface area contributed by atoms with Gasteiger partial charge >= 0.3 is 5.97 Å². The van der Waals surface area contributed by atoms with E-state index in [1.807, 2.05) is 0 Å². The summed E-state index contributed by atoms with van der Waals surface area (Å²) in [4.78, 5) is 27.1. The molecule has 0 heterocycles. The number of aliphatic imine (C=N–C) groups is 1. The molecule has 0 saturated carbocycles. The van der Waals surface area contributed by atoms with Crippen molar-refractivity contribution in [2.24, 2.45) is 16.5 Å². The fourth-order valence-electron chi connectivity index (χ4n) is 1.33. The fraction of sp³-hybridized carbons (Fsp3) is 0.154. The molecule has 0 unspecified atom stereocenters. The monoisotopic (exact) mass is 295 g/mol. The van der Waals surface area contributed by atoms with Crippen molar-refractivity contribution in [3.63, 3.8) is 0 Å². The molecule has 1 rings (SSSR count). The first kappa shape index (κ1) is 15.7. The van der Waals surface area contributed by atoms with Gasteiger partial charge in [0.2, 0.25) is 0 Å². The van der Waals surface area contributed by atoms with Crippen LogP contribution in [0.2, 0.25) is 5.02 Å². The first-order valence-electron chi connectivity index (χ1n) is 5.60. The predicted molar refractivity (Wildman–Crippen MR) is 76.6 cm³/mol. The number of Topliss-reactive ketones (excluding diaryl/α,β-unsaturated/α-hetero) is 1. The van der Waals surface area contributed by atoms with Gasteiger partial charge in [-0.1, -0.05) is 23.7 Å². The summed E-state index contributed by atoms with van der Waals surface area (Å²) in [6.45, 7) is -0.437. The molecule has 106 valence electrons. The van der Waals surface area contributed by atoms with Crippen LogP contribution >= 0.6 is 11.6 Å². The molecule has 0 amide bonds. The standard InChI is InChI=1S/C13H14ClN3O3/c1-17-12(16)10(6-15)13(19)20-7-11(18)8-3-2-4-9(14)5-8/h2-6H,7,15H2,1H3,(H2,16,17)/b10-6+. The SMILES string of the molecule is CN=C(N)/C(=C\N)C(=O)OCC(=O)c1cccc(Cl)c1. The summed E-state index contributed by atoms with van der Waals surface area (Å²) in [6, 6.07) is 6.32. The Labute approximate surface area is 121 Å². The zero-order valence-corrected chi connectivity index (χ0v) is 11.6. The van der Waals surface area contributed by atoms with E-state index >= 15 is 0 Å². The molecule has 6 nitrogen and oxygen atoms in total. The highest BCUT2D eigenvalue weighted by molar-refractivity contribution is 6.31. The number of nitrogens with two attached hydrogens (primary N) is 2. The van der Waals surface area contributed by atoms with Crippen LogP contribution in [0.3, 0.4) is 0 Å². The molecule has 20 heavy (non-hydrogen) atoms. The Hall–Kier alpha value is -2.34. The maximum atomic E-state index is 11.8. The average molecular weight is 296 g/mol. The number of nitrogens with zero attached hydrogens (tertiary/aromatic N) is 1. The van der Waals surface area contributed by atoms with E-state index in [9.17, 15) is 9.59 Å². The van der Waals surface area contributed by atoms with Crippen LogP contribution < -0.4 is 11.5 Å². The van der Waals surface area contributed by atoms with Crippen molar-refractivity contribution in [2.45, 2.75) is 0 Å². The first-order chi connectivity index (χ1) is 9.49. The van der Waals surface area contributed by atoms with Crippen molar-refractivity contribution in [1.29, 1.82) is 0 Å². The summed E-state index contributed by atoms with van der Waals surface area (Å²) in [5, 5.41) is 0.423. The molecule has 0 aliphatic carbocycles. The molecule has 1 aromatic carbocycles. The third kappa shape index (κ3) is 4.10. The van der Waals surface area contributed by atoms with Gasteiger partial charge in [0.1, 0.15) is 11.4 Å². The summed E-state index contributed by atoms with van der Waals surface area (Å²) in [7, 11) is 1.41. The smallest absolute Gasteiger partial charge is 0.343 e. The molecule has 0 radical (unpaired) electrons. The van der Waals surface area contributed by atoms with Crippen LogP contribution in [0.25, 0.3) is 0 Å². The quantitative estimate of drug-likeness (QED) is 0.276. The second kappa shape index (κ2) is 7.30. The normalized spacial score (nSPS) is 12.1. The lowest BCUT2D eigenvalue weighted by molar-refractivity contribution is -0.137. The molecule has 4 N–H and O–H groups in total. The number of rotatable bonds is 5. The largest absolute Gasteiger partial charge is 0.454 e. The fourth-order valence-corrected chi connectivity index (χ4v) is 1.52. The van der Waals surface area contributed by atoms with Crippen LogP contribution in [-0.4, -0.2) is 31.2 Å². The highest BCUT2D eigenvalue weighted by atomic mass is 35.5. The zero-order valence-electron chi connectivity index (χ0n) is 10.8. The summed E-state index contributed by atoms with van der Waals surface area (Å²) in [6.07, 6.45) is 0.981. The first-order valence-corrected chi connectivity index (χ1v) is 5.97. The lowest BCUT2D eigenvalue weighted by Crippen LogP contribution is -2.25. The van der Waals surface area contributed by atoms with E-state index in [-0.39, 0.29) is 17.2 Å². The Morgan fingerprint density at radius 3 is 2.70 bits per heavy atom. The molecule has 0 atom stereocenters. The Morgan fingerprint density at radius 1 is 1.45 bits per heavy atom. The third-order valence-corrected chi connectivity index (χ3v) is 2.62. The second-order valence-electron chi connectivity index (χ2n) is 3.70. The van der Waals surface area contributed by atoms with Crippen molar-refractivity contribution >= 4 is 29.2 Å². The molecule has 0 aromatic heterocycles. The van der Waals surface area contributed by atoms with Gasteiger partial charge in [0.25, 0.3) is 0 Å². The number of amidine groups is 1. The number of hydrogen-bond donors (Lipinski definition) is 2. The molecule has 7 heteroatoms. The van der Waals surface area contributed by atoms with Crippen LogP contribution in [0.4, 0.5) is 0 Å². The minimum Gasteiger partial charge on any atom is -0.454 e. The van der Waals surface area contributed by atoms with Crippen LogP contribution in [0.5, 0.6) is 0 Å². The molecule has 0 bridgehead atoms. The molecule has 1 aromatic rings. The highest BCUT2D eigenvalue weighted by Gasteiger charge is 2.16. The van der Waals surface area contributed by atoms with Gasteiger partial charge < -0.3 is 16.2 Å². The number of halogens is 1. The van der Waals surface area contributed by atoms with Crippen molar-refractivity contribution in [2.75, 3.05) is 13.7 Å². The molecular formula is C13H14ClN3O3. The summed E-state index contributed by atoms with van der Waals surface area (Å²) < 4.78 is 4.83. The topological polar surface area (TPSA) is 108 Å². The lowest BCUT2D eigenvalue weighted by atomic mass is 10.1. The number of hydrogen-bond acceptors (Lipinski definition) is 5. The van der Waals surface area contributed by atoms with E-state index in [2.05, 4.69) is 4.99 Å². The van der Waals surface area contributed by atoms with E-state index in [1.165, 1.54) is 13.1 Å². The maximum Gasteiger partial charge on any atom is 0.343 e. The average Bonchev–Trinajstić information content (AvgIpc) is 2.45. The molecule has 0 fully saturated rings. The molecule has 0 aliphatic rings. The number of carbonyl (C=O) groups is 2. The van der Waals surface area contributed by atoms with Gasteiger partial charge in [-0.05, 0) is 12.1 Å². The summed E-state index contributed by atoms with van der Waals surface area (Å²) in [5.41, 5.74) is 11.0. The number of ketones is 1. The Balaban J connectivity index is 2.68. The Kier molecular flexibility index (Phi) is 5.74. The Bertz CT molecular complexity index is 582. The summed E-state index contributed by atoms with van der Waals surface area (Å²) >= 11 is 5.77. The summed E-state index contributed by atoms with van der Waals surface area (Å²) in [5.74, 6) is -1.26. The second-order valence-corrected chi connectivity index (χ2v) is 4.14. The van der Waals surface area contributed by atoms with Crippen molar-refractivity contribution in [1.82, 2.24) is 0 Å². The van der Waals surface area contributed by atoms with Gasteiger partial charge in [-0.3, -0.25) is 9.79 Å². The maximum absolute atomic E-state index is 11.8. The minimum absolute atomic E-state index is 0.0623. The van der Waals surface area contributed by atoms with Gasteiger partial charge in [0.15, 0.2) is 12.4 Å². The number of benzene rings is 1. The number of esters is 1. The number of carbonyl (C=O) groups excluding carboxylic acids is 2. The van der Waals surface area contributed by atoms with Crippen molar-refractivity contribution in [3.05, 3.63) is 46.6 Å². The molecule has 0 spiro atoms. The number of ether oxygens (including phenoxy) is 1. The van der Waals surface area contributed by atoms with E-state index in [1.54, 1.807) is 18.2 Å². The van der Waals surface area contributed by atoms with Gasteiger partial charge in [0, 0.05) is 23.8 Å². The van der Waals surface area contributed by atoms with E-state index < -0.39 is 12.6 Å². The van der Waals surface area contributed by atoms with Gasteiger partial charge in [-0.25, -0.2) is 4.79 Å². The van der Waals surface area contributed by atoms with Gasteiger partial charge in [-0.2, -0.15) is 0 Å². The van der Waals surface area contributed by atoms with Crippen molar-refractivity contribution < 1.29 is 14.3 Å². The zero-order chi connectivity index (χ0) is 15.1. The van der Waals surface area contributed by atoms with Gasteiger partial charge in [-0.15, -0.1) is 0 Å². The van der Waals surface area contributed by atoms with Crippen LogP contribution in [0, 0.1) is 0 Å². The third-order valence-electron chi connectivity index (χ3n) is 2.38. The molecule has 0 saturated heterocycles. The van der Waals surface area contributed by atoms with Crippen LogP contribution in [-0.2, 0) is 9.53 Å². The van der Waals surface area contributed by atoms with Gasteiger partial charge in [0.05, 0.1) is 0 Å². The lowest BCUT2D eigenvalue weighted by Gasteiger charge is -2.07. The minimum atomic E-state index is -0.814. The van der Waals surface area contributed by atoms with E-state index in [0.29, 0.717) is 10.6 Å². The molecule has 0 aliphatic heterocycles. The highest BCUT2D eigenvalue weighted by Crippen LogP contribution is 2.11. The Morgan fingerprint density at radius 2 is 2.15 bits per heavy atom. The van der Waals surface area contributed by atoms with Crippen molar-refractivity contribution in [3.8, 4) is 0 Å². The van der Waals surface area contributed by atoms with Crippen LogP contribution in [0.1, 0.15) is 10.4 Å². The van der Waals surface area contributed by atoms with E-state index in [0.717, 1.165) is 6.20 Å².